The van der Waals surface area contributed by atoms with Crippen LogP contribution >= 0.6 is 24.0 Å². The summed E-state index contributed by atoms with van der Waals surface area (Å²) in [5.74, 6) is -1.28. The minimum absolute atomic E-state index is 0.0506. The number of carbonyl (C=O) groups excluding carboxylic acids is 2. The maximum Gasteiger partial charge on any atom is 0.335 e. The molecule has 0 spiro atoms. The monoisotopic (exact) mass is 428 g/mol. The lowest BCUT2D eigenvalue weighted by molar-refractivity contribution is -0.126. The van der Waals surface area contributed by atoms with E-state index in [2.05, 4.69) is 5.32 Å². The maximum atomic E-state index is 12.7. The van der Waals surface area contributed by atoms with Gasteiger partial charge in [0.2, 0.25) is 5.91 Å². The summed E-state index contributed by atoms with van der Waals surface area (Å²) in [6.07, 6.45) is 1.69. The van der Waals surface area contributed by atoms with Crippen LogP contribution in [0, 0.1) is 0 Å². The molecular formula is C20H16N2O5S2. The van der Waals surface area contributed by atoms with Crippen molar-refractivity contribution in [3.05, 3.63) is 64.6 Å². The quantitative estimate of drug-likeness (QED) is 0.539. The Kier molecular flexibility index (Phi) is 6.30. The summed E-state index contributed by atoms with van der Waals surface area (Å²) < 4.78 is 5.45. The smallest absolute Gasteiger partial charge is 0.335 e. The number of anilines is 1. The standard InChI is InChI=1S/C20H16N2O5S2/c1-27-15-7-2-4-12(8-15)9-16-18(24)22(20(28)29-16)11-17(23)21-14-6-3-5-13(10-14)19(25)26/h2-10H,11H2,1H3,(H,21,23)(H,25,26). The fourth-order valence-corrected chi connectivity index (χ4v) is 3.85. The molecule has 2 amide bonds. The van der Waals surface area contributed by atoms with Crippen LogP contribution in [-0.2, 0) is 9.59 Å². The number of carboxylic acids is 1. The van der Waals surface area contributed by atoms with Crippen molar-refractivity contribution in [2.75, 3.05) is 19.0 Å². The fourth-order valence-electron chi connectivity index (χ4n) is 2.59. The maximum absolute atomic E-state index is 12.7. The van der Waals surface area contributed by atoms with Crippen LogP contribution in [0.1, 0.15) is 15.9 Å². The van der Waals surface area contributed by atoms with Gasteiger partial charge in [0.15, 0.2) is 0 Å². The second-order valence-electron chi connectivity index (χ2n) is 5.98. The molecule has 29 heavy (non-hydrogen) atoms. The SMILES string of the molecule is COc1cccc(C=C2SC(=S)N(CC(=O)Nc3cccc(C(=O)O)c3)C2=O)c1. The molecule has 1 fully saturated rings. The number of carboxylic acid groups (broad SMARTS) is 1. The lowest BCUT2D eigenvalue weighted by Crippen LogP contribution is -2.36. The van der Waals surface area contributed by atoms with Gasteiger partial charge < -0.3 is 15.2 Å². The molecule has 0 aliphatic carbocycles. The highest BCUT2D eigenvalue weighted by Gasteiger charge is 2.33. The van der Waals surface area contributed by atoms with Crippen molar-refractivity contribution in [2.24, 2.45) is 0 Å². The molecule has 3 rings (SSSR count). The third kappa shape index (κ3) is 5.01. The largest absolute Gasteiger partial charge is 0.497 e. The summed E-state index contributed by atoms with van der Waals surface area (Å²) in [6.45, 7) is -0.266. The number of nitrogens with zero attached hydrogens (tertiary/aromatic N) is 1. The number of thioether (sulfide) groups is 1. The Morgan fingerprint density at radius 3 is 2.72 bits per heavy atom. The first-order valence-corrected chi connectivity index (χ1v) is 9.62. The third-order valence-corrected chi connectivity index (χ3v) is 5.34. The Hall–Kier alpha value is -3.17. The van der Waals surface area contributed by atoms with Gasteiger partial charge in [0.05, 0.1) is 17.6 Å². The van der Waals surface area contributed by atoms with Gasteiger partial charge in [0, 0.05) is 5.69 Å². The molecule has 0 unspecified atom stereocenters. The first-order chi connectivity index (χ1) is 13.9. The first kappa shape index (κ1) is 20.6. The molecule has 2 N–H and O–H groups in total. The van der Waals surface area contributed by atoms with E-state index in [1.54, 1.807) is 31.4 Å². The predicted octanol–water partition coefficient (Wildman–Crippen LogP) is 3.23. The summed E-state index contributed by atoms with van der Waals surface area (Å²) in [6, 6.07) is 13.1. The molecule has 7 nitrogen and oxygen atoms in total. The average molecular weight is 428 g/mol. The van der Waals surface area contributed by atoms with E-state index in [0.29, 0.717) is 16.3 Å². The molecule has 0 aromatic heterocycles. The first-order valence-electron chi connectivity index (χ1n) is 8.40. The molecule has 0 saturated carbocycles. The van der Waals surface area contributed by atoms with Gasteiger partial charge in [-0.05, 0) is 42.0 Å². The van der Waals surface area contributed by atoms with E-state index in [1.807, 2.05) is 12.1 Å². The van der Waals surface area contributed by atoms with Crippen molar-refractivity contribution in [1.82, 2.24) is 4.90 Å². The van der Waals surface area contributed by atoms with Crippen LogP contribution in [0.3, 0.4) is 0 Å². The number of rotatable bonds is 6. The number of nitrogens with one attached hydrogen (secondary N) is 1. The molecular weight excluding hydrogens is 412 g/mol. The van der Waals surface area contributed by atoms with Gasteiger partial charge in [-0.3, -0.25) is 14.5 Å². The van der Waals surface area contributed by atoms with E-state index in [9.17, 15) is 14.4 Å². The van der Waals surface area contributed by atoms with Crippen LogP contribution < -0.4 is 10.1 Å². The molecule has 1 heterocycles. The second-order valence-corrected chi connectivity index (χ2v) is 7.65. The van der Waals surface area contributed by atoms with E-state index in [4.69, 9.17) is 22.1 Å². The zero-order chi connectivity index (χ0) is 21.0. The van der Waals surface area contributed by atoms with Crippen molar-refractivity contribution in [3.63, 3.8) is 0 Å². The Labute approximate surface area is 176 Å². The molecule has 0 atom stereocenters. The van der Waals surface area contributed by atoms with Gasteiger partial charge in [0.1, 0.15) is 16.6 Å². The Balaban J connectivity index is 1.69. The molecule has 148 valence electrons. The molecule has 2 aromatic rings. The van der Waals surface area contributed by atoms with Crippen LogP contribution in [0.25, 0.3) is 6.08 Å². The highest BCUT2D eigenvalue weighted by atomic mass is 32.2. The van der Waals surface area contributed by atoms with Gasteiger partial charge in [-0.15, -0.1) is 0 Å². The zero-order valence-electron chi connectivity index (χ0n) is 15.2. The summed E-state index contributed by atoms with van der Waals surface area (Å²) in [5, 5.41) is 11.6. The van der Waals surface area contributed by atoms with Crippen molar-refractivity contribution in [2.45, 2.75) is 0 Å². The van der Waals surface area contributed by atoms with Gasteiger partial charge in [-0.25, -0.2) is 4.79 Å². The number of hydrogen-bond acceptors (Lipinski definition) is 6. The van der Waals surface area contributed by atoms with E-state index in [0.717, 1.165) is 17.3 Å². The number of amides is 2. The summed E-state index contributed by atoms with van der Waals surface area (Å²) in [4.78, 5) is 37.6. The normalized spacial score (nSPS) is 14.9. The van der Waals surface area contributed by atoms with Gasteiger partial charge >= 0.3 is 5.97 Å². The van der Waals surface area contributed by atoms with E-state index in [-0.39, 0.29) is 22.3 Å². The lowest BCUT2D eigenvalue weighted by atomic mass is 10.2. The van der Waals surface area contributed by atoms with Crippen molar-refractivity contribution >= 4 is 57.8 Å². The highest BCUT2D eigenvalue weighted by molar-refractivity contribution is 8.26. The molecule has 9 heteroatoms. The lowest BCUT2D eigenvalue weighted by Gasteiger charge is -2.14. The van der Waals surface area contributed by atoms with Gasteiger partial charge in [-0.1, -0.05) is 42.2 Å². The molecule has 1 aliphatic heterocycles. The number of ether oxygens (including phenoxy) is 1. The average Bonchev–Trinajstić information content (AvgIpc) is 2.95. The van der Waals surface area contributed by atoms with Crippen LogP contribution in [-0.4, -0.2) is 45.8 Å². The van der Waals surface area contributed by atoms with E-state index >= 15 is 0 Å². The van der Waals surface area contributed by atoms with Gasteiger partial charge in [-0.2, -0.15) is 0 Å². The Morgan fingerprint density at radius 2 is 2.00 bits per heavy atom. The second kappa shape index (κ2) is 8.89. The van der Waals surface area contributed by atoms with Crippen molar-refractivity contribution in [3.8, 4) is 5.75 Å². The summed E-state index contributed by atoms with van der Waals surface area (Å²) in [5.41, 5.74) is 1.15. The van der Waals surface area contributed by atoms with Crippen LogP contribution in [0.2, 0.25) is 0 Å². The number of carbonyl (C=O) groups is 3. The summed E-state index contributed by atoms with van der Waals surface area (Å²) in [7, 11) is 1.56. The minimum Gasteiger partial charge on any atom is -0.497 e. The van der Waals surface area contributed by atoms with Crippen LogP contribution in [0.4, 0.5) is 5.69 Å². The number of aromatic carboxylic acids is 1. The third-order valence-electron chi connectivity index (χ3n) is 3.96. The minimum atomic E-state index is -1.10. The van der Waals surface area contributed by atoms with E-state index in [1.165, 1.54) is 23.1 Å². The number of hydrogen-bond donors (Lipinski definition) is 2. The number of benzene rings is 2. The predicted molar refractivity (Wildman–Crippen MR) is 115 cm³/mol. The van der Waals surface area contributed by atoms with Crippen molar-refractivity contribution < 1.29 is 24.2 Å². The van der Waals surface area contributed by atoms with E-state index < -0.39 is 11.9 Å². The fraction of sp³-hybridized carbons (Fsp3) is 0.100. The molecule has 1 saturated heterocycles. The van der Waals surface area contributed by atoms with Gasteiger partial charge in [0.25, 0.3) is 5.91 Å². The number of thiocarbonyl (C=S) groups is 1. The summed E-state index contributed by atoms with van der Waals surface area (Å²) >= 11 is 6.36. The number of methoxy groups -OCH3 is 1. The Bertz CT molecular complexity index is 1040. The molecule has 0 bridgehead atoms. The van der Waals surface area contributed by atoms with Crippen LogP contribution in [0.15, 0.2) is 53.4 Å². The molecule has 1 aliphatic rings. The topological polar surface area (TPSA) is 95.9 Å². The Morgan fingerprint density at radius 1 is 1.24 bits per heavy atom. The van der Waals surface area contributed by atoms with Crippen molar-refractivity contribution in [1.29, 1.82) is 0 Å². The molecule has 2 aromatic carbocycles. The molecule has 0 radical (unpaired) electrons. The zero-order valence-corrected chi connectivity index (χ0v) is 16.9. The van der Waals surface area contributed by atoms with Crippen LogP contribution in [0.5, 0.6) is 5.75 Å². The highest BCUT2D eigenvalue weighted by Crippen LogP contribution is 2.32.